The van der Waals surface area contributed by atoms with Crippen molar-refractivity contribution in [2.75, 3.05) is 0 Å². The first-order chi connectivity index (χ1) is 7.72. The lowest BCUT2D eigenvalue weighted by atomic mass is 10.2. The number of aromatic nitrogens is 4. The van der Waals surface area contributed by atoms with Crippen LogP contribution in [-0.4, -0.2) is 26.5 Å². The van der Waals surface area contributed by atoms with E-state index in [1.165, 1.54) is 16.8 Å². The Labute approximate surface area is 94.7 Å². The Kier molecular flexibility index (Phi) is 2.95. The molecule has 0 radical (unpaired) electrons. The van der Waals surface area contributed by atoms with Gasteiger partial charge in [0.15, 0.2) is 6.29 Å². The van der Waals surface area contributed by atoms with Crippen molar-refractivity contribution in [1.82, 2.24) is 20.2 Å². The molecule has 0 spiro atoms. The minimum atomic E-state index is -0.546. The van der Waals surface area contributed by atoms with Crippen molar-refractivity contribution in [3.63, 3.8) is 0 Å². The standard InChI is InChI=1S/C9H7FN4OS/c1-14-9(11-12-13-14)16-8-4-2-3-7(10)6(8)5-15/h2-5H,1H3. The van der Waals surface area contributed by atoms with Crippen LogP contribution in [-0.2, 0) is 7.05 Å². The Morgan fingerprint density at radius 1 is 1.50 bits per heavy atom. The van der Waals surface area contributed by atoms with Crippen molar-refractivity contribution in [3.8, 4) is 0 Å². The number of rotatable bonds is 3. The first-order valence-electron chi connectivity index (χ1n) is 4.36. The smallest absolute Gasteiger partial charge is 0.213 e. The van der Waals surface area contributed by atoms with E-state index in [4.69, 9.17) is 0 Å². The van der Waals surface area contributed by atoms with Crippen LogP contribution in [0.2, 0.25) is 0 Å². The van der Waals surface area contributed by atoms with Crippen molar-refractivity contribution in [2.24, 2.45) is 7.05 Å². The van der Waals surface area contributed by atoms with Crippen LogP contribution in [0, 0.1) is 5.82 Å². The zero-order valence-electron chi connectivity index (χ0n) is 8.29. The van der Waals surface area contributed by atoms with E-state index >= 15 is 0 Å². The molecule has 5 nitrogen and oxygen atoms in total. The number of aryl methyl sites for hydroxylation is 1. The second-order valence-corrected chi connectivity index (χ2v) is 3.97. The van der Waals surface area contributed by atoms with Crippen LogP contribution in [0.15, 0.2) is 28.3 Å². The van der Waals surface area contributed by atoms with Gasteiger partial charge in [0.25, 0.3) is 0 Å². The number of benzene rings is 1. The van der Waals surface area contributed by atoms with E-state index in [1.807, 2.05) is 0 Å². The summed E-state index contributed by atoms with van der Waals surface area (Å²) in [6, 6.07) is 4.42. The second-order valence-electron chi connectivity index (χ2n) is 2.96. The topological polar surface area (TPSA) is 60.7 Å². The van der Waals surface area contributed by atoms with E-state index in [1.54, 1.807) is 13.1 Å². The third-order valence-electron chi connectivity index (χ3n) is 1.91. The van der Waals surface area contributed by atoms with Crippen molar-refractivity contribution in [2.45, 2.75) is 10.1 Å². The van der Waals surface area contributed by atoms with Crippen LogP contribution in [0.1, 0.15) is 10.4 Å². The minimum absolute atomic E-state index is 0.0236. The monoisotopic (exact) mass is 238 g/mol. The molecule has 2 rings (SSSR count). The van der Waals surface area contributed by atoms with E-state index < -0.39 is 5.82 Å². The Morgan fingerprint density at radius 2 is 2.31 bits per heavy atom. The van der Waals surface area contributed by atoms with Gasteiger partial charge in [-0.1, -0.05) is 6.07 Å². The van der Waals surface area contributed by atoms with Gasteiger partial charge in [-0.05, 0) is 34.3 Å². The summed E-state index contributed by atoms with van der Waals surface area (Å²) in [5, 5.41) is 11.3. The van der Waals surface area contributed by atoms with Gasteiger partial charge in [0, 0.05) is 11.9 Å². The van der Waals surface area contributed by atoms with E-state index in [9.17, 15) is 9.18 Å². The molecule has 0 saturated heterocycles. The van der Waals surface area contributed by atoms with Crippen LogP contribution in [0.4, 0.5) is 4.39 Å². The summed E-state index contributed by atoms with van der Waals surface area (Å²) in [6.45, 7) is 0. The first-order valence-corrected chi connectivity index (χ1v) is 5.18. The average molecular weight is 238 g/mol. The molecule has 0 unspecified atom stereocenters. The predicted molar refractivity (Wildman–Crippen MR) is 54.7 cm³/mol. The van der Waals surface area contributed by atoms with Crippen LogP contribution in [0.25, 0.3) is 0 Å². The molecular formula is C9H7FN4OS. The highest BCUT2D eigenvalue weighted by atomic mass is 32.2. The lowest BCUT2D eigenvalue weighted by Crippen LogP contribution is -1.95. The minimum Gasteiger partial charge on any atom is -0.298 e. The normalized spacial score (nSPS) is 10.4. The van der Waals surface area contributed by atoms with Crippen molar-refractivity contribution in [1.29, 1.82) is 0 Å². The molecule has 0 bridgehead atoms. The number of aldehydes is 1. The molecule has 0 atom stereocenters. The maximum Gasteiger partial charge on any atom is 0.213 e. The molecule has 16 heavy (non-hydrogen) atoms. The summed E-state index contributed by atoms with van der Waals surface area (Å²) in [7, 11) is 1.67. The number of tetrazole rings is 1. The third kappa shape index (κ3) is 1.94. The zero-order valence-corrected chi connectivity index (χ0v) is 9.11. The molecule has 7 heteroatoms. The molecule has 1 heterocycles. The Morgan fingerprint density at radius 3 is 2.94 bits per heavy atom. The summed E-state index contributed by atoms with van der Waals surface area (Å²) in [6.07, 6.45) is 0.488. The molecule has 82 valence electrons. The summed E-state index contributed by atoms with van der Waals surface area (Å²) >= 11 is 1.14. The highest BCUT2D eigenvalue weighted by molar-refractivity contribution is 7.99. The number of nitrogens with zero attached hydrogens (tertiary/aromatic N) is 4. The number of halogens is 1. The third-order valence-corrected chi connectivity index (χ3v) is 3.02. The summed E-state index contributed by atoms with van der Waals surface area (Å²) < 4.78 is 14.7. The SMILES string of the molecule is Cn1nnnc1Sc1cccc(F)c1C=O. The largest absolute Gasteiger partial charge is 0.298 e. The van der Waals surface area contributed by atoms with Crippen LogP contribution in [0.3, 0.4) is 0 Å². The maximum atomic E-state index is 13.3. The fourth-order valence-corrected chi connectivity index (χ4v) is 1.97. The van der Waals surface area contributed by atoms with Crippen molar-refractivity contribution >= 4 is 18.0 Å². The first kappa shape index (κ1) is 10.7. The maximum absolute atomic E-state index is 13.3. The molecule has 0 aliphatic carbocycles. The lowest BCUT2D eigenvalue weighted by Gasteiger charge is -2.03. The number of carbonyl (C=O) groups is 1. The zero-order chi connectivity index (χ0) is 11.5. The summed E-state index contributed by atoms with van der Waals surface area (Å²) in [5.41, 5.74) is 0.0236. The summed E-state index contributed by atoms with van der Waals surface area (Å²) in [4.78, 5) is 11.2. The molecular weight excluding hydrogens is 231 g/mol. The molecule has 1 aromatic heterocycles. The number of hydrogen-bond donors (Lipinski definition) is 0. The van der Waals surface area contributed by atoms with Gasteiger partial charge in [0.1, 0.15) is 5.82 Å². The van der Waals surface area contributed by atoms with Crippen molar-refractivity contribution < 1.29 is 9.18 Å². The fraction of sp³-hybridized carbons (Fsp3) is 0.111. The van der Waals surface area contributed by atoms with E-state index in [2.05, 4.69) is 15.5 Å². The molecule has 0 amide bonds. The highest BCUT2D eigenvalue weighted by Crippen LogP contribution is 2.28. The fourth-order valence-electron chi connectivity index (χ4n) is 1.13. The number of carbonyl (C=O) groups excluding carboxylic acids is 1. The van der Waals surface area contributed by atoms with E-state index in [0.717, 1.165) is 11.8 Å². The van der Waals surface area contributed by atoms with Gasteiger partial charge in [-0.15, -0.1) is 5.10 Å². The van der Waals surface area contributed by atoms with E-state index in [0.29, 0.717) is 16.3 Å². The van der Waals surface area contributed by atoms with Crippen LogP contribution in [0.5, 0.6) is 0 Å². The van der Waals surface area contributed by atoms with Gasteiger partial charge in [-0.25, -0.2) is 9.07 Å². The second kappa shape index (κ2) is 4.40. The molecule has 0 saturated carbocycles. The van der Waals surface area contributed by atoms with Gasteiger partial charge < -0.3 is 0 Å². The summed E-state index contributed by atoms with van der Waals surface area (Å²) in [5.74, 6) is -0.546. The molecule has 1 aromatic carbocycles. The quantitative estimate of drug-likeness (QED) is 0.754. The molecule has 2 aromatic rings. The Bertz CT molecular complexity index is 528. The molecule has 0 N–H and O–H groups in total. The number of hydrogen-bond acceptors (Lipinski definition) is 5. The average Bonchev–Trinajstić information content (AvgIpc) is 2.65. The molecule has 0 aliphatic rings. The van der Waals surface area contributed by atoms with Gasteiger partial charge in [-0.2, -0.15) is 0 Å². The van der Waals surface area contributed by atoms with Gasteiger partial charge in [0.2, 0.25) is 5.16 Å². The highest BCUT2D eigenvalue weighted by Gasteiger charge is 2.11. The lowest BCUT2D eigenvalue weighted by molar-refractivity contribution is 0.111. The van der Waals surface area contributed by atoms with Crippen LogP contribution >= 0.6 is 11.8 Å². The van der Waals surface area contributed by atoms with Gasteiger partial charge >= 0.3 is 0 Å². The van der Waals surface area contributed by atoms with E-state index in [-0.39, 0.29) is 5.56 Å². The van der Waals surface area contributed by atoms with Crippen molar-refractivity contribution in [3.05, 3.63) is 29.6 Å². The van der Waals surface area contributed by atoms with Gasteiger partial charge in [-0.3, -0.25) is 4.79 Å². The molecule has 0 fully saturated rings. The molecule has 0 aliphatic heterocycles. The Hall–Kier alpha value is -1.76. The predicted octanol–water partition coefficient (Wildman–Crippen LogP) is 1.31. The van der Waals surface area contributed by atoms with Gasteiger partial charge in [0.05, 0.1) is 5.56 Å². The Balaban J connectivity index is 2.38. The van der Waals surface area contributed by atoms with Crippen LogP contribution < -0.4 is 0 Å².